The number of carbonyl (C=O) groups excluding carboxylic acids is 3. The molecule has 1 aromatic carbocycles. The molecule has 10 heteroatoms. The van der Waals surface area contributed by atoms with Crippen LogP contribution in [-0.4, -0.2) is 63.9 Å². The monoisotopic (exact) mass is 504 g/mol. The first-order chi connectivity index (χ1) is 17.8. The van der Waals surface area contributed by atoms with E-state index in [0.717, 1.165) is 35.4 Å². The third kappa shape index (κ3) is 5.69. The van der Waals surface area contributed by atoms with Gasteiger partial charge in [-0.25, -0.2) is 9.78 Å². The summed E-state index contributed by atoms with van der Waals surface area (Å²) < 4.78 is 4.70. The number of amides is 2. The summed E-state index contributed by atoms with van der Waals surface area (Å²) in [5.41, 5.74) is 9.34. The number of ether oxygens (including phenoxy) is 1. The van der Waals surface area contributed by atoms with Crippen LogP contribution in [0.2, 0.25) is 0 Å². The third-order valence-corrected chi connectivity index (χ3v) is 6.60. The maximum atomic E-state index is 13.3. The molecule has 1 aliphatic rings. The number of alkyl carbamates (subject to hydrolysis) is 1. The number of likely N-dealkylation sites (tertiary alicyclic amines) is 1. The number of rotatable bonds is 8. The zero-order valence-corrected chi connectivity index (χ0v) is 21.2. The molecule has 1 fully saturated rings. The van der Waals surface area contributed by atoms with Crippen molar-refractivity contribution in [3.8, 4) is 22.5 Å². The second kappa shape index (κ2) is 11.3. The number of nitrogens with one attached hydrogen (secondary N) is 2. The molecule has 4 rings (SSSR count). The largest absolute Gasteiger partial charge is 0.453 e. The van der Waals surface area contributed by atoms with E-state index in [1.165, 1.54) is 7.11 Å². The molecule has 1 saturated heterocycles. The van der Waals surface area contributed by atoms with E-state index in [4.69, 9.17) is 10.5 Å². The number of nitrogens with zero attached hydrogens (tertiary/aromatic N) is 3. The highest BCUT2D eigenvalue weighted by atomic mass is 16.5. The van der Waals surface area contributed by atoms with Crippen LogP contribution < -0.4 is 11.1 Å². The van der Waals surface area contributed by atoms with Crippen LogP contribution in [0.4, 0.5) is 4.79 Å². The summed E-state index contributed by atoms with van der Waals surface area (Å²) in [5.74, 6) is 0.352. The molecule has 2 aromatic heterocycles. The van der Waals surface area contributed by atoms with Crippen molar-refractivity contribution in [1.82, 2.24) is 25.2 Å². The Kier molecular flexibility index (Phi) is 7.98. The molecule has 0 spiro atoms. The summed E-state index contributed by atoms with van der Waals surface area (Å²) in [5, 5.41) is 2.66. The number of hydrogen-bond donors (Lipinski definition) is 3. The van der Waals surface area contributed by atoms with Crippen molar-refractivity contribution in [3.05, 3.63) is 60.2 Å². The van der Waals surface area contributed by atoms with Crippen molar-refractivity contribution in [2.45, 2.75) is 38.8 Å². The highest BCUT2D eigenvalue weighted by Gasteiger charge is 2.37. The van der Waals surface area contributed by atoms with Crippen LogP contribution in [0, 0.1) is 5.92 Å². The fraction of sp³-hybridized carbons (Fsp3) is 0.370. The van der Waals surface area contributed by atoms with Gasteiger partial charge in [-0.1, -0.05) is 38.1 Å². The topological polar surface area (TPSA) is 143 Å². The lowest BCUT2D eigenvalue weighted by Crippen LogP contribution is -2.51. The number of H-pyrrole nitrogens is 1. The van der Waals surface area contributed by atoms with Crippen LogP contribution in [0.25, 0.3) is 22.5 Å². The molecular weight excluding hydrogens is 472 g/mol. The number of aromatic amines is 1. The van der Waals surface area contributed by atoms with Crippen molar-refractivity contribution >= 4 is 17.8 Å². The van der Waals surface area contributed by atoms with E-state index in [-0.39, 0.29) is 30.2 Å². The molecule has 3 aromatic rings. The Morgan fingerprint density at radius 3 is 2.46 bits per heavy atom. The Bertz CT molecular complexity index is 1250. The Balaban J connectivity index is 1.49. The van der Waals surface area contributed by atoms with Gasteiger partial charge in [0.05, 0.1) is 37.3 Å². The fourth-order valence-corrected chi connectivity index (χ4v) is 4.51. The lowest BCUT2D eigenvalue weighted by molar-refractivity contribution is -0.135. The van der Waals surface area contributed by atoms with Crippen LogP contribution in [0.1, 0.15) is 48.9 Å². The zero-order valence-electron chi connectivity index (χ0n) is 21.2. The van der Waals surface area contributed by atoms with Crippen molar-refractivity contribution < 1.29 is 19.1 Å². The number of carbonyl (C=O) groups is 3. The second-order valence-corrected chi connectivity index (χ2v) is 9.37. The lowest BCUT2D eigenvalue weighted by Gasteiger charge is -2.30. The minimum Gasteiger partial charge on any atom is -0.453 e. The molecule has 2 amide bonds. The van der Waals surface area contributed by atoms with Gasteiger partial charge in [0.2, 0.25) is 5.91 Å². The van der Waals surface area contributed by atoms with Gasteiger partial charge in [-0.2, -0.15) is 0 Å². The summed E-state index contributed by atoms with van der Waals surface area (Å²) in [6, 6.07) is 10.2. The summed E-state index contributed by atoms with van der Waals surface area (Å²) in [7, 11) is 1.28. The summed E-state index contributed by atoms with van der Waals surface area (Å²) >= 11 is 0. The summed E-state index contributed by atoms with van der Waals surface area (Å²) in [6.45, 7) is 4.35. The molecule has 1 aliphatic heterocycles. The van der Waals surface area contributed by atoms with Crippen LogP contribution in [0.5, 0.6) is 0 Å². The summed E-state index contributed by atoms with van der Waals surface area (Å²) in [4.78, 5) is 51.1. The van der Waals surface area contributed by atoms with Gasteiger partial charge in [0.25, 0.3) is 0 Å². The van der Waals surface area contributed by atoms with E-state index >= 15 is 0 Å². The van der Waals surface area contributed by atoms with E-state index < -0.39 is 12.1 Å². The van der Waals surface area contributed by atoms with Crippen molar-refractivity contribution in [2.24, 2.45) is 11.7 Å². The first-order valence-corrected chi connectivity index (χ1v) is 12.3. The van der Waals surface area contributed by atoms with Gasteiger partial charge >= 0.3 is 6.09 Å². The van der Waals surface area contributed by atoms with Crippen LogP contribution >= 0.6 is 0 Å². The molecule has 0 saturated carbocycles. The first-order valence-electron chi connectivity index (χ1n) is 12.3. The van der Waals surface area contributed by atoms with Crippen molar-refractivity contribution in [1.29, 1.82) is 0 Å². The number of aromatic nitrogens is 3. The number of pyridine rings is 1. The van der Waals surface area contributed by atoms with E-state index in [1.807, 2.05) is 38.1 Å². The fourth-order valence-electron chi connectivity index (χ4n) is 4.51. The Hall–Kier alpha value is -4.05. The quantitative estimate of drug-likeness (QED) is 0.399. The average Bonchev–Trinajstić information content (AvgIpc) is 3.61. The average molecular weight is 505 g/mol. The van der Waals surface area contributed by atoms with Crippen molar-refractivity contribution in [3.63, 3.8) is 0 Å². The molecule has 0 aliphatic carbocycles. The van der Waals surface area contributed by atoms with Gasteiger partial charge in [0.1, 0.15) is 11.9 Å². The SMILES string of the molecule is COC(=O)NC(C(=O)N1CCCC1c1ncc(-c2ccc(-c3ccc(C(=O)CN)cc3)nc2)[nH]1)C(C)C. The molecule has 37 heavy (non-hydrogen) atoms. The molecule has 0 bridgehead atoms. The van der Waals surface area contributed by atoms with Gasteiger partial charge in [-0.3, -0.25) is 14.6 Å². The molecular formula is C27H32N6O4. The Morgan fingerprint density at radius 1 is 1.11 bits per heavy atom. The Morgan fingerprint density at radius 2 is 1.84 bits per heavy atom. The van der Waals surface area contributed by atoms with Crippen LogP contribution in [0.3, 0.4) is 0 Å². The van der Waals surface area contributed by atoms with Gasteiger partial charge in [0.15, 0.2) is 5.78 Å². The minimum absolute atomic E-state index is 0.0199. The van der Waals surface area contributed by atoms with E-state index in [9.17, 15) is 14.4 Å². The molecule has 2 atom stereocenters. The van der Waals surface area contributed by atoms with Gasteiger partial charge < -0.3 is 25.7 Å². The minimum atomic E-state index is -0.679. The molecule has 3 heterocycles. The third-order valence-electron chi connectivity index (χ3n) is 6.60. The predicted molar refractivity (Wildman–Crippen MR) is 138 cm³/mol. The van der Waals surface area contributed by atoms with Crippen LogP contribution in [-0.2, 0) is 9.53 Å². The molecule has 2 unspecified atom stereocenters. The maximum Gasteiger partial charge on any atom is 0.407 e. The lowest BCUT2D eigenvalue weighted by atomic mass is 10.0. The number of benzene rings is 1. The van der Waals surface area contributed by atoms with Crippen molar-refractivity contribution in [2.75, 3.05) is 20.2 Å². The predicted octanol–water partition coefficient (Wildman–Crippen LogP) is 3.32. The standard InChI is InChI=1S/C27H32N6O4/c1-16(2)24(32-27(36)37-3)26(35)33-12-4-5-22(33)25-30-15-21(31-25)19-10-11-20(29-14-19)17-6-8-18(9-7-17)23(34)13-28/h6-11,14-16,22,24H,4-5,12-13,28H2,1-3H3,(H,30,31)(H,32,36). The number of imidazole rings is 1. The van der Waals surface area contributed by atoms with Gasteiger partial charge in [-0.05, 0) is 30.9 Å². The van der Waals surface area contributed by atoms with E-state index in [1.54, 1.807) is 29.4 Å². The normalized spacial score (nSPS) is 16.0. The van der Waals surface area contributed by atoms with E-state index in [0.29, 0.717) is 17.9 Å². The van der Waals surface area contributed by atoms with Gasteiger partial charge in [-0.15, -0.1) is 0 Å². The molecule has 194 valence electrons. The molecule has 4 N–H and O–H groups in total. The van der Waals surface area contributed by atoms with E-state index in [2.05, 4.69) is 20.3 Å². The number of nitrogens with two attached hydrogens (primary N) is 1. The number of ketones is 1. The molecule has 10 nitrogen and oxygen atoms in total. The first kappa shape index (κ1) is 26.0. The Labute approximate surface area is 215 Å². The number of hydrogen-bond acceptors (Lipinski definition) is 7. The highest BCUT2D eigenvalue weighted by Crippen LogP contribution is 2.33. The molecule has 0 radical (unpaired) electrons. The summed E-state index contributed by atoms with van der Waals surface area (Å²) in [6.07, 6.45) is 4.51. The number of Topliss-reactive ketones (excluding diaryl/α,β-unsaturated/α-hetero) is 1. The maximum absolute atomic E-state index is 13.3. The zero-order chi connectivity index (χ0) is 26.5. The highest BCUT2D eigenvalue weighted by molar-refractivity contribution is 5.97. The number of methoxy groups -OCH3 is 1. The smallest absolute Gasteiger partial charge is 0.407 e. The van der Waals surface area contributed by atoms with Crippen LogP contribution in [0.15, 0.2) is 48.8 Å². The van der Waals surface area contributed by atoms with Gasteiger partial charge in [0, 0.05) is 29.4 Å². The second-order valence-electron chi connectivity index (χ2n) is 9.37.